The first-order valence-corrected chi connectivity index (χ1v) is 6.15. The Morgan fingerprint density at radius 1 is 1.24 bits per heavy atom. The predicted molar refractivity (Wildman–Crippen MR) is 75.3 cm³/mol. The summed E-state index contributed by atoms with van der Waals surface area (Å²) in [7, 11) is 0. The van der Waals surface area contributed by atoms with Gasteiger partial charge in [-0.2, -0.15) is 0 Å². The van der Waals surface area contributed by atoms with Gasteiger partial charge in [-0.1, -0.05) is 12.1 Å². The minimum Gasteiger partial charge on any atom is -0.478 e. The zero-order valence-electron chi connectivity index (χ0n) is 11.2. The lowest BCUT2D eigenvalue weighted by Crippen LogP contribution is -2.12. The van der Waals surface area contributed by atoms with Gasteiger partial charge in [-0.05, 0) is 42.8 Å². The standard InChI is InChI=1S/C16H12FNO3/c1-10-7-11(5-6-18-10)8-14(16(20)21)15(19)12-3-2-4-13(17)9-12/h2-9H,1H3,(H,20,21)/b14-8+. The molecule has 0 aliphatic carbocycles. The number of aromatic nitrogens is 1. The lowest BCUT2D eigenvalue weighted by atomic mass is 10.0. The number of hydrogen-bond donors (Lipinski definition) is 1. The first-order chi connectivity index (χ1) is 9.97. The number of hydrogen-bond acceptors (Lipinski definition) is 3. The maximum Gasteiger partial charge on any atom is 0.339 e. The topological polar surface area (TPSA) is 67.3 Å². The van der Waals surface area contributed by atoms with Crippen molar-refractivity contribution in [2.75, 3.05) is 0 Å². The van der Waals surface area contributed by atoms with E-state index in [1.165, 1.54) is 30.5 Å². The van der Waals surface area contributed by atoms with Crippen LogP contribution in [0.5, 0.6) is 0 Å². The van der Waals surface area contributed by atoms with Gasteiger partial charge in [0.25, 0.3) is 0 Å². The van der Waals surface area contributed by atoms with Crippen LogP contribution in [0.2, 0.25) is 0 Å². The summed E-state index contributed by atoms with van der Waals surface area (Å²) in [5, 5.41) is 9.21. The second kappa shape index (κ2) is 6.09. The Kier molecular flexibility index (Phi) is 4.23. The van der Waals surface area contributed by atoms with Crippen molar-refractivity contribution in [1.29, 1.82) is 0 Å². The van der Waals surface area contributed by atoms with Gasteiger partial charge >= 0.3 is 5.97 Å². The Labute approximate surface area is 120 Å². The summed E-state index contributed by atoms with van der Waals surface area (Å²) in [6.07, 6.45) is 2.78. The van der Waals surface area contributed by atoms with Crippen LogP contribution < -0.4 is 0 Å². The number of carbonyl (C=O) groups excluding carboxylic acids is 1. The van der Waals surface area contributed by atoms with Crippen LogP contribution in [0.3, 0.4) is 0 Å². The number of pyridine rings is 1. The van der Waals surface area contributed by atoms with Gasteiger partial charge in [-0.25, -0.2) is 9.18 Å². The van der Waals surface area contributed by atoms with Crippen molar-refractivity contribution in [3.05, 3.63) is 70.8 Å². The van der Waals surface area contributed by atoms with Crippen LogP contribution in [-0.4, -0.2) is 21.8 Å². The molecule has 106 valence electrons. The van der Waals surface area contributed by atoms with Crippen LogP contribution in [0.1, 0.15) is 21.6 Å². The molecule has 0 atom stereocenters. The van der Waals surface area contributed by atoms with Crippen molar-refractivity contribution in [3.8, 4) is 0 Å². The minimum atomic E-state index is -1.36. The van der Waals surface area contributed by atoms with E-state index in [9.17, 15) is 19.1 Å². The quantitative estimate of drug-likeness (QED) is 0.406. The second-order valence-electron chi connectivity index (χ2n) is 4.43. The van der Waals surface area contributed by atoms with E-state index in [2.05, 4.69) is 4.98 Å². The lowest BCUT2D eigenvalue weighted by Gasteiger charge is -2.03. The summed E-state index contributed by atoms with van der Waals surface area (Å²) < 4.78 is 13.1. The smallest absolute Gasteiger partial charge is 0.339 e. The third kappa shape index (κ3) is 3.60. The average molecular weight is 285 g/mol. The second-order valence-corrected chi connectivity index (χ2v) is 4.43. The van der Waals surface area contributed by atoms with Gasteiger partial charge in [0.05, 0.1) is 0 Å². The van der Waals surface area contributed by atoms with E-state index in [1.54, 1.807) is 19.1 Å². The molecule has 1 heterocycles. The van der Waals surface area contributed by atoms with E-state index in [0.717, 1.165) is 6.07 Å². The molecule has 0 fully saturated rings. The summed E-state index contributed by atoms with van der Waals surface area (Å²) in [4.78, 5) is 27.5. The van der Waals surface area contributed by atoms with Crippen LogP contribution in [0, 0.1) is 12.7 Å². The Morgan fingerprint density at radius 3 is 2.62 bits per heavy atom. The van der Waals surface area contributed by atoms with Gasteiger partial charge in [-0.3, -0.25) is 9.78 Å². The average Bonchev–Trinajstić information content (AvgIpc) is 2.44. The number of rotatable bonds is 4. The van der Waals surface area contributed by atoms with Crippen molar-refractivity contribution < 1.29 is 19.1 Å². The van der Waals surface area contributed by atoms with Crippen molar-refractivity contribution in [1.82, 2.24) is 4.98 Å². The predicted octanol–water partition coefficient (Wildman–Crippen LogP) is 2.88. The van der Waals surface area contributed by atoms with Gasteiger partial charge in [0, 0.05) is 17.5 Å². The Balaban J connectivity index is 2.44. The lowest BCUT2D eigenvalue weighted by molar-refractivity contribution is -0.132. The molecule has 0 aliphatic heterocycles. The summed E-state index contributed by atoms with van der Waals surface area (Å²) in [6.45, 7) is 1.76. The first-order valence-electron chi connectivity index (χ1n) is 6.15. The fraction of sp³-hybridized carbons (Fsp3) is 0.0625. The number of aliphatic carboxylic acids is 1. The molecular formula is C16H12FNO3. The minimum absolute atomic E-state index is 0.00516. The number of benzene rings is 1. The molecule has 21 heavy (non-hydrogen) atoms. The largest absolute Gasteiger partial charge is 0.478 e. The molecule has 1 aromatic carbocycles. The normalized spacial score (nSPS) is 11.2. The van der Waals surface area contributed by atoms with Crippen molar-refractivity contribution in [2.45, 2.75) is 6.92 Å². The fourth-order valence-electron chi connectivity index (χ4n) is 1.83. The van der Waals surface area contributed by atoms with Crippen LogP contribution in [0.25, 0.3) is 6.08 Å². The Bertz CT molecular complexity index is 738. The van der Waals surface area contributed by atoms with E-state index in [0.29, 0.717) is 11.3 Å². The molecule has 0 bridgehead atoms. The van der Waals surface area contributed by atoms with E-state index < -0.39 is 23.1 Å². The molecule has 0 amide bonds. The monoisotopic (exact) mass is 285 g/mol. The molecule has 0 saturated heterocycles. The molecule has 2 aromatic rings. The van der Waals surface area contributed by atoms with Gasteiger partial charge in [0.15, 0.2) is 5.78 Å². The van der Waals surface area contributed by atoms with Crippen molar-refractivity contribution >= 4 is 17.8 Å². The molecule has 0 aliphatic rings. The molecule has 0 saturated carbocycles. The van der Waals surface area contributed by atoms with E-state index >= 15 is 0 Å². The Hall–Kier alpha value is -2.82. The number of carbonyl (C=O) groups is 2. The van der Waals surface area contributed by atoms with E-state index in [-0.39, 0.29) is 5.56 Å². The maximum absolute atomic E-state index is 13.1. The molecular weight excluding hydrogens is 273 g/mol. The maximum atomic E-state index is 13.1. The summed E-state index contributed by atoms with van der Waals surface area (Å²) >= 11 is 0. The van der Waals surface area contributed by atoms with Gasteiger partial charge in [-0.15, -0.1) is 0 Å². The SMILES string of the molecule is Cc1cc(/C=C(/C(=O)O)C(=O)c2cccc(F)c2)ccn1. The molecule has 4 nitrogen and oxygen atoms in total. The number of halogens is 1. The number of nitrogens with zero attached hydrogens (tertiary/aromatic N) is 1. The highest BCUT2D eigenvalue weighted by molar-refractivity contribution is 6.26. The van der Waals surface area contributed by atoms with Crippen molar-refractivity contribution in [3.63, 3.8) is 0 Å². The fourth-order valence-corrected chi connectivity index (χ4v) is 1.83. The van der Waals surface area contributed by atoms with E-state index in [1.807, 2.05) is 0 Å². The zero-order valence-corrected chi connectivity index (χ0v) is 11.2. The highest BCUT2D eigenvalue weighted by atomic mass is 19.1. The zero-order chi connectivity index (χ0) is 15.4. The summed E-state index contributed by atoms with van der Waals surface area (Å²) in [6, 6.07) is 8.18. The summed E-state index contributed by atoms with van der Waals surface area (Å²) in [5.41, 5.74) is 0.817. The summed E-state index contributed by atoms with van der Waals surface area (Å²) in [5.74, 6) is -2.69. The van der Waals surface area contributed by atoms with Crippen LogP contribution >= 0.6 is 0 Å². The Morgan fingerprint density at radius 2 is 2.00 bits per heavy atom. The third-order valence-electron chi connectivity index (χ3n) is 2.79. The van der Waals surface area contributed by atoms with Crippen molar-refractivity contribution in [2.24, 2.45) is 0 Å². The highest BCUT2D eigenvalue weighted by Gasteiger charge is 2.19. The number of Topliss-reactive ketones (excluding diaryl/α,β-unsaturated/α-hetero) is 1. The molecule has 2 rings (SSSR count). The highest BCUT2D eigenvalue weighted by Crippen LogP contribution is 2.14. The molecule has 1 N–H and O–H groups in total. The van der Waals surface area contributed by atoms with E-state index in [4.69, 9.17) is 0 Å². The molecule has 0 radical (unpaired) electrons. The number of aryl methyl sites for hydroxylation is 1. The van der Waals surface area contributed by atoms with Crippen LogP contribution in [-0.2, 0) is 4.79 Å². The van der Waals surface area contributed by atoms with Gasteiger partial charge in [0.1, 0.15) is 11.4 Å². The van der Waals surface area contributed by atoms with Crippen LogP contribution in [0.15, 0.2) is 48.2 Å². The molecule has 1 aromatic heterocycles. The number of carboxylic acid groups (broad SMARTS) is 1. The molecule has 5 heteroatoms. The number of ketones is 1. The molecule has 0 spiro atoms. The third-order valence-corrected chi connectivity index (χ3v) is 2.79. The first kappa shape index (κ1) is 14.6. The van der Waals surface area contributed by atoms with Gasteiger partial charge in [0.2, 0.25) is 0 Å². The van der Waals surface area contributed by atoms with Gasteiger partial charge < -0.3 is 5.11 Å². The molecule has 0 unspecified atom stereocenters. The van der Waals surface area contributed by atoms with Crippen LogP contribution in [0.4, 0.5) is 4.39 Å². The number of carboxylic acids is 1.